The van der Waals surface area contributed by atoms with Crippen molar-refractivity contribution in [1.82, 2.24) is 0 Å². The lowest BCUT2D eigenvalue weighted by atomic mass is 10.1. The Labute approximate surface area is 50.9 Å². The first-order valence-corrected chi connectivity index (χ1v) is 2.89. The molecule has 0 saturated carbocycles. The van der Waals surface area contributed by atoms with Crippen LogP contribution in [0.1, 0.15) is 19.8 Å². The lowest BCUT2D eigenvalue weighted by Crippen LogP contribution is -1.90. The molecule has 0 spiro atoms. The highest BCUT2D eigenvalue weighted by atomic mass is 32.1. The highest BCUT2D eigenvalue weighted by Gasteiger charge is 1.91. The lowest BCUT2D eigenvalue weighted by molar-refractivity contribution is 0.711. The summed E-state index contributed by atoms with van der Waals surface area (Å²) in [5, 5.41) is 2.71. The Kier molecular flexibility index (Phi) is 4.31. The van der Waals surface area contributed by atoms with Gasteiger partial charge in [0.15, 0.2) is 0 Å². The Balaban J connectivity index is 2.98. The molecule has 1 unspecified atom stereocenters. The minimum absolute atomic E-state index is 0.451. The van der Waals surface area contributed by atoms with Crippen molar-refractivity contribution in [2.75, 3.05) is 0 Å². The second-order valence-electron chi connectivity index (χ2n) is 1.66. The fourth-order valence-corrected chi connectivity index (χ4v) is 0.483. The van der Waals surface area contributed by atoms with Crippen LogP contribution in [0.2, 0.25) is 0 Å². The minimum atomic E-state index is 0.451. The van der Waals surface area contributed by atoms with Crippen molar-refractivity contribution in [2.45, 2.75) is 19.8 Å². The molecular formula is C6H10S. The monoisotopic (exact) mass is 114 g/mol. The molecule has 0 bridgehead atoms. The van der Waals surface area contributed by atoms with E-state index < -0.39 is 0 Å². The smallest absolute Gasteiger partial charge is 0.0322 e. The average molecular weight is 114 g/mol. The highest BCUT2D eigenvalue weighted by Crippen LogP contribution is 1.99. The van der Waals surface area contributed by atoms with E-state index in [0.717, 1.165) is 12.8 Å². The Bertz CT molecular complexity index is 50.1. The minimum Gasteiger partial charge on any atom is -0.0834 e. The van der Waals surface area contributed by atoms with E-state index in [-0.39, 0.29) is 0 Å². The van der Waals surface area contributed by atoms with Crippen LogP contribution in [0.5, 0.6) is 0 Å². The molecule has 0 nitrogen and oxygen atoms in total. The molecule has 0 N–H and O–H groups in total. The maximum Gasteiger partial charge on any atom is 0.0322 e. The van der Waals surface area contributed by atoms with Crippen LogP contribution in [0.15, 0.2) is 0 Å². The molecule has 0 aromatic heterocycles. The molecule has 0 aliphatic carbocycles. The standard InChI is InChI=1S/C6H10S/c1-3-4-6(2)5-7/h6H,1,3-4H2,2H3. The Morgan fingerprint density at radius 3 is 2.57 bits per heavy atom. The van der Waals surface area contributed by atoms with E-state index in [0.29, 0.717) is 5.92 Å². The van der Waals surface area contributed by atoms with Crippen LogP contribution in [0.3, 0.4) is 0 Å². The van der Waals surface area contributed by atoms with E-state index in [1.54, 1.807) is 0 Å². The zero-order chi connectivity index (χ0) is 5.70. The largest absolute Gasteiger partial charge is 0.0834 e. The van der Waals surface area contributed by atoms with E-state index in [1.165, 1.54) is 0 Å². The maximum absolute atomic E-state index is 4.56. The van der Waals surface area contributed by atoms with Crippen molar-refractivity contribution in [3.05, 3.63) is 6.92 Å². The molecule has 0 rings (SSSR count). The topological polar surface area (TPSA) is 0 Å². The molecule has 0 amide bonds. The quantitative estimate of drug-likeness (QED) is 0.506. The van der Waals surface area contributed by atoms with Crippen LogP contribution in [0.25, 0.3) is 0 Å². The lowest BCUT2D eigenvalue weighted by Gasteiger charge is -1.96. The van der Waals surface area contributed by atoms with Gasteiger partial charge >= 0.3 is 0 Å². The number of hydrogen-bond acceptors (Lipinski definition) is 1. The molecule has 0 aromatic rings. The third kappa shape index (κ3) is 3.93. The molecule has 7 heavy (non-hydrogen) atoms. The van der Waals surface area contributed by atoms with Gasteiger partial charge in [-0.25, -0.2) is 0 Å². The van der Waals surface area contributed by atoms with Gasteiger partial charge in [0.05, 0.1) is 0 Å². The van der Waals surface area contributed by atoms with Crippen LogP contribution in [-0.4, -0.2) is 5.37 Å². The van der Waals surface area contributed by atoms with Crippen LogP contribution < -0.4 is 0 Å². The second kappa shape index (κ2) is 4.25. The predicted octanol–water partition coefficient (Wildman–Crippen LogP) is 2.11. The Hall–Kier alpha value is 0.0900. The number of rotatable bonds is 3. The predicted molar refractivity (Wildman–Crippen MR) is 36.4 cm³/mol. The zero-order valence-corrected chi connectivity index (χ0v) is 5.42. The van der Waals surface area contributed by atoms with E-state index in [1.807, 2.05) is 0 Å². The van der Waals surface area contributed by atoms with Gasteiger partial charge in [0.25, 0.3) is 0 Å². The summed E-state index contributed by atoms with van der Waals surface area (Å²) in [6.45, 7) is 5.74. The van der Waals surface area contributed by atoms with Gasteiger partial charge in [0, 0.05) is 5.37 Å². The van der Waals surface area contributed by atoms with Crippen molar-refractivity contribution >= 4 is 17.6 Å². The fraction of sp³-hybridized carbons (Fsp3) is 0.667. The first-order chi connectivity index (χ1) is 3.31. The maximum atomic E-state index is 4.56. The average Bonchev–Trinajstić information content (AvgIpc) is 1.68. The molecule has 1 atom stereocenters. The fourth-order valence-electron chi connectivity index (χ4n) is 0.365. The molecule has 40 valence electrons. The summed E-state index contributed by atoms with van der Waals surface area (Å²) in [5.41, 5.74) is 0. The molecule has 0 fully saturated rings. The van der Waals surface area contributed by atoms with Gasteiger partial charge in [0.2, 0.25) is 0 Å². The molecular weight excluding hydrogens is 104 g/mol. The van der Waals surface area contributed by atoms with Crippen molar-refractivity contribution < 1.29 is 0 Å². The Morgan fingerprint density at radius 2 is 2.43 bits per heavy atom. The number of hydrogen-bond donors (Lipinski definition) is 0. The molecule has 0 aromatic carbocycles. The zero-order valence-electron chi connectivity index (χ0n) is 4.61. The molecule has 0 aliphatic heterocycles. The highest BCUT2D eigenvalue weighted by molar-refractivity contribution is 7.79. The van der Waals surface area contributed by atoms with Gasteiger partial charge in [-0.3, -0.25) is 0 Å². The first kappa shape index (κ1) is 7.09. The van der Waals surface area contributed by atoms with Gasteiger partial charge in [-0.05, 0) is 12.3 Å². The summed E-state index contributed by atoms with van der Waals surface area (Å²) in [7, 11) is 0. The van der Waals surface area contributed by atoms with Crippen molar-refractivity contribution in [3.8, 4) is 0 Å². The van der Waals surface area contributed by atoms with E-state index in [9.17, 15) is 0 Å². The van der Waals surface area contributed by atoms with Gasteiger partial charge in [0.1, 0.15) is 0 Å². The van der Waals surface area contributed by atoms with Gasteiger partial charge < -0.3 is 0 Å². The Morgan fingerprint density at radius 1 is 1.86 bits per heavy atom. The summed E-state index contributed by atoms with van der Waals surface area (Å²) in [4.78, 5) is 0. The van der Waals surface area contributed by atoms with Gasteiger partial charge in [-0.1, -0.05) is 32.5 Å². The third-order valence-electron chi connectivity index (χ3n) is 0.838. The molecule has 0 saturated heterocycles. The van der Waals surface area contributed by atoms with E-state index in [2.05, 4.69) is 31.4 Å². The SMILES string of the molecule is [CH2]CCC(C)[C]=S. The van der Waals surface area contributed by atoms with Crippen LogP contribution in [0.4, 0.5) is 0 Å². The normalized spacial score (nSPS) is 13.4. The summed E-state index contributed by atoms with van der Waals surface area (Å²) in [6, 6.07) is 0. The van der Waals surface area contributed by atoms with Gasteiger partial charge in [-0.15, -0.1) is 0 Å². The molecule has 0 heterocycles. The number of thiocarbonyl (C=S) groups is 1. The summed E-state index contributed by atoms with van der Waals surface area (Å²) < 4.78 is 0. The van der Waals surface area contributed by atoms with Crippen LogP contribution in [0, 0.1) is 12.8 Å². The van der Waals surface area contributed by atoms with Crippen molar-refractivity contribution in [2.24, 2.45) is 5.92 Å². The van der Waals surface area contributed by atoms with E-state index >= 15 is 0 Å². The summed E-state index contributed by atoms with van der Waals surface area (Å²) in [5.74, 6) is 0.451. The molecule has 0 aliphatic rings. The molecule has 2 radical (unpaired) electrons. The first-order valence-electron chi connectivity index (χ1n) is 2.48. The van der Waals surface area contributed by atoms with E-state index in [4.69, 9.17) is 0 Å². The second-order valence-corrected chi connectivity index (χ2v) is 1.90. The van der Waals surface area contributed by atoms with Crippen LogP contribution >= 0.6 is 12.2 Å². The van der Waals surface area contributed by atoms with Crippen molar-refractivity contribution in [3.63, 3.8) is 0 Å². The van der Waals surface area contributed by atoms with Crippen LogP contribution in [-0.2, 0) is 0 Å². The summed E-state index contributed by atoms with van der Waals surface area (Å²) >= 11 is 4.56. The molecule has 1 heteroatoms. The van der Waals surface area contributed by atoms with Gasteiger partial charge in [-0.2, -0.15) is 0 Å². The third-order valence-corrected chi connectivity index (χ3v) is 1.24. The van der Waals surface area contributed by atoms with Crippen molar-refractivity contribution in [1.29, 1.82) is 0 Å². The summed E-state index contributed by atoms with van der Waals surface area (Å²) in [6.07, 6.45) is 2.04.